The number of hydrogen-bond donors (Lipinski definition) is 7. The van der Waals surface area contributed by atoms with Crippen LogP contribution in [0.1, 0.15) is 17.7 Å². The third-order valence-electron chi connectivity index (χ3n) is 4.71. The first kappa shape index (κ1) is 26.0. The number of aromatic amines is 1. The third-order valence-corrected chi connectivity index (χ3v) is 4.71. The van der Waals surface area contributed by atoms with Crippen LogP contribution in [0.25, 0.3) is 0 Å². The molecule has 3 atom stereocenters. The predicted molar refractivity (Wildman–Crippen MR) is 119 cm³/mol. The lowest BCUT2D eigenvalue weighted by molar-refractivity contribution is -0.143. The van der Waals surface area contributed by atoms with Crippen LogP contribution in [0.4, 0.5) is 0 Å². The molecule has 34 heavy (non-hydrogen) atoms. The van der Waals surface area contributed by atoms with E-state index >= 15 is 0 Å². The normalized spacial score (nSPS) is 13.2. The van der Waals surface area contributed by atoms with Crippen molar-refractivity contribution in [2.45, 2.75) is 37.4 Å². The zero-order chi connectivity index (χ0) is 25.1. The van der Waals surface area contributed by atoms with E-state index in [1.165, 1.54) is 12.5 Å². The number of hydrogen-bond acceptors (Lipinski definition) is 7. The second-order valence-corrected chi connectivity index (χ2v) is 7.48. The first-order chi connectivity index (χ1) is 16.2. The topological polar surface area (TPSA) is 222 Å². The highest BCUT2D eigenvalue weighted by molar-refractivity contribution is 5.93. The molecule has 2 rings (SSSR count). The summed E-state index contributed by atoms with van der Waals surface area (Å²) >= 11 is 0. The fourth-order valence-electron chi connectivity index (χ4n) is 3.00. The molecule has 9 N–H and O–H groups in total. The van der Waals surface area contributed by atoms with Crippen LogP contribution in [0.5, 0.6) is 0 Å². The molecule has 0 saturated heterocycles. The predicted octanol–water partition coefficient (Wildman–Crippen LogP) is -2.43. The second-order valence-electron chi connectivity index (χ2n) is 7.48. The first-order valence-electron chi connectivity index (χ1n) is 10.3. The number of carboxylic acids is 1. The summed E-state index contributed by atoms with van der Waals surface area (Å²) in [5.74, 6) is -4.46. The van der Waals surface area contributed by atoms with E-state index in [4.69, 9.17) is 16.6 Å². The van der Waals surface area contributed by atoms with Gasteiger partial charge < -0.3 is 37.5 Å². The molecule has 0 spiro atoms. The Bertz CT molecular complexity index is 996. The fraction of sp³-hybridized carbons (Fsp3) is 0.333. The summed E-state index contributed by atoms with van der Waals surface area (Å²) in [6.07, 6.45) is 2.67. The van der Waals surface area contributed by atoms with Crippen LogP contribution >= 0.6 is 0 Å². The molecule has 182 valence electrons. The molecule has 2 aromatic rings. The van der Waals surface area contributed by atoms with Gasteiger partial charge in [-0.2, -0.15) is 0 Å². The maximum absolute atomic E-state index is 12.8. The van der Waals surface area contributed by atoms with Crippen molar-refractivity contribution >= 4 is 29.6 Å². The lowest BCUT2D eigenvalue weighted by Crippen LogP contribution is -2.54. The molecule has 0 aliphatic heterocycles. The molecule has 0 aliphatic rings. The second kappa shape index (κ2) is 12.7. The maximum Gasteiger partial charge on any atom is 0.326 e. The minimum atomic E-state index is -1.53. The zero-order valence-corrected chi connectivity index (χ0v) is 18.2. The lowest BCUT2D eigenvalue weighted by atomic mass is 10.0. The number of benzene rings is 1. The van der Waals surface area contributed by atoms with Gasteiger partial charge in [0.25, 0.3) is 0 Å². The maximum atomic E-state index is 12.8. The third kappa shape index (κ3) is 8.70. The minimum absolute atomic E-state index is 0.121. The Morgan fingerprint density at radius 2 is 1.71 bits per heavy atom. The number of nitrogens with zero attached hydrogens (tertiary/aromatic N) is 1. The summed E-state index contributed by atoms with van der Waals surface area (Å²) in [4.78, 5) is 66.3. The van der Waals surface area contributed by atoms with Crippen LogP contribution in [0.3, 0.4) is 0 Å². The Labute approximate surface area is 194 Å². The van der Waals surface area contributed by atoms with E-state index in [0.717, 1.165) is 5.56 Å². The number of H-pyrrole nitrogens is 1. The monoisotopic (exact) mass is 473 g/mol. The number of carbonyl (C=O) groups is 5. The summed E-state index contributed by atoms with van der Waals surface area (Å²) in [6.45, 7) is -0.581. The van der Waals surface area contributed by atoms with E-state index < -0.39 is 60.7 Å². The molecule has 0 saturated carbocycles. The van der Waals surface area contributed by atoms with E-state index in [1.54, 1.807) is 30.3 Å². The quantitative estimate of drug-likeness (QED) is 0.165. The zero-order valence-electron chi connectivity index (χ0n) is 18.2. The Kier molecular flexibility index (Phi) is 9.71. The van der Waals surface area contributed by atoms with Crippen LogP contribution < -0.4 is 27.4 Å². The average molecular weight is 473 g/mol. The largest absolute Gasteiger partial charge is 0.480 e. The van der Waals surface area contributed by atoms with E-state index in [0.29, 0.717) is 5.69 Å². The standard InChI is InChI=1S/C21H27N7O6/c22-14(7-13-9-24-11-26-13)19(31)28-15(6-12-4-2-1-3-5-12)20(32)25-10-18(30)27-16(21(33)34)8-17(23)29/h1-5,9,11,14-16H,6-8,10,22H2,(H2,23,29)(H,24,26)(H,25,32)(H,27,30)(H,28,31)(H,33,34). The van der Waals surface area contributed by atoms with Gasteiger partial charge in [-0.15, -0.1) is 0 Å². The SMILES string of the molecule is NC(=O)CC(NC(=O)CNC(=O)C(Cc1ccccc1)NC(=O)C(N)Cc1cnc[nH]1)C(=O)O. The molecule has 13 heteroatoms. The Morgan fingerprint density at radius 3 is 2.29 bits per heavy atom. The van der Waals surface area contributed by atoms with Gasteiger partial charge in [0.1, 0.15) is 12.1 Å². The van der Waals surface area contributed by atoms with Gasteiger partial charge in [0.2, 0.25) is 23.6 Å². The number of rotatable bonds is 13. The van der Waals surface area contributed by atoms with Crippen molar-refractivity contribution in [3.8, 4) is 0 Å². The van der Waals surface area contributed by atoms with Crippen LogP contribution in [0, 0.1) is 0 Å². The van der Waals surface area contributed by atoms with Gasteiger partial charge in [-0.25, -0.2) is 9.78 Å². The van der Waals surface area contributed by atoms with Gasteiger partial charge in [-0.05, 0) is 5.56 Å². The number of aromatic nitrogens is 2. The van der Waals surface area contributed by atoms with E-state index in [9.17, 15) is 24.0 Å². The van der Waals surface area contributed by atoms with Gasteiger partial charge in [-0.3, -0.25) is 19.2 Å². The summed E-state index contributed by atoms with van der Waals surface area (Å²) in [5, 5.41) is 16.1. The number of nitrogens with two attached hydrogens (primary N) is 2. The Balaban J connectivity index is 2.00. The van der Waals surface area contributed by atoms with Crippen molar-refractivity contribution < 1.29 is 29.1 Å². The van der Waals surface area contributed by atoms with Crippen molar-refractivity contribution in [1.82, 2.24) is 25.9 Å². The molecular formula is C21H27N7O6. The highest BCUT2D eigenvalue weighted by Gasteiger charge is 2.26. The van der Waals surface area contributed by atoms with Crippen LogP contribution in [0.2, 0.25) is 0 Å². The van der Waals surface area contributed by atoms with E-state index in [2.05, 4.69) is 25.9 Å². The van der Waals surface area contributed by atoms with E-state index in [-0.39, 0.29) is 12.8 Å². The van der Waals surface area contributed by atoms with Crippen LogP contribution in [-0.2, 0) is 36.8 Å². The van der Waals surface area contributed by atoms with Crippen molar-refractivity contribution in [3.63, 3.8) is 0 Å². The average Bonchev–Trinajstić information content (AvgIpc) is 3.29. The van der Waals surface area contributed by atoms with Crippen molar-refractivity contribution in [2.75, 3.05) is 6.54 Å². The van der Waals surface area contributed by atoms with Crippen molar-refractivity contribution in [1.29, 1.82) is 0 Å². The van der Waals surface area contributed by atoms with Crippen molar-refractivity contribution in [2.24, 2.45) is 11.5 Å². The molecule has 3 unspecified atom stereocenters. The molecule has 1 aromatic carbocycles. The Hall–Kier alpha value is -4.26. The molecule has 13 nitrogen and oxygen atoms in total. The molecule has 1 aromatic heterocycles. The fourth-order valence-corrected chi connectivity index (χ4v) is 3.00. The molecule has 0 bridgehead atoms. The molecule has 1 heterocycles. The molecular weight excluding hydrogens is 446 g/mol. The lowest BCUT2D eigenvalue weighted by Gasteiger charge is -2.21. The first-order valence-corrected chi connectivity index (χ1v) is 10.3. The van der Waals surface area contributed by atoms with Gasteiger partial charge in [-0.1, -0.05) is 30.3 Å². The van der Waals surface area contributed by atoms with Gasteiger partial charge in [0.15, 0.2) is 0 Å². The number of amides is 4. The number of imidazole rings is 1. The Morgan fingerprint density at radius 1 is 1.00 bits per heavy atom. The highest BCUT2D eigenvalue weighted by atomic mass is 16.4. The summed E-state index contributed by atoms with van der Waals surface area (Å²) in [7, 11) is 0. The van der Waals surface area contributed by atoms with Gasteiger partial charge in [0, 0.05) is 24.7 Å². The molecule has 0 fully saturated rings. The summed E-state index contributed by atoms with van der Waals surface area (Å²) in [5.41, 5.74) is 12.3. The molecule has 0 radical (unpaired) electrons. The van der Waals surface area contributed by atoms with Crippen molar-refractivity contribution in [3.05, 3.63) is 54.1 Å². The number of aliphatic carboxylic acids is 1. The van der Waals surface area contributed by atoms with Gasteiger partial charge >= 0.3 is 5.97 Å². The van der Waals surface area contributed by atoms with Gasteiger partial charge in [0.05, 0.1) is 25.3 Å². The van der Waals surface area contributed by atoms with E-state index in [1.807, 2.05) is 0 Å². The number of carboxylic acid groups (broad SMARTS) is 1. The smallest absolute Gasteiger partial charge is 0.326 e. The molecule has 4 amide bonds. The molecule has 0 aliphatic carbocycles. The minimum Gasteiger partial charge on any atom is -0.480 e. The summed E-state index contributed by atoms with van der Waals surface area (Å²) < 4.78 is 0. The number of carbonyl (C=O) groups excluding carboxylic acids is 4. The van der Waals surface area contributed by atoms with Crippen LogP contribution in [-0.4, -0.2) is 69.3 Å². The highest BCUT2D eigenvalue weighted by Crippen LogP contribution is 2.05. The number of primary amides is 1. The van der Waals surface area contributed by atoms with Crippen LogP contribution in [0.15, 0.2) is 42.9 Å². The summed E-state index contributed by atoms with van der Waals surface area (Å²) in [6, 6.07) is 5.34. The number of nitrogens with one attached hydrogen (secondary N) is 4.